The molecule has 0 aromatic carbocycles. The number of hydrogen-bond donors (Lipinski definition) is 0. The van der Waals surface area contributed by atoms with Gasteiger partial charge in [-0.05, 0) is 51.4 Å². The van der Waals surface area contributed by atoms with E-state index in [1.807, 2.05) is 6.20 Å². The molecule has 2 heterocycles. The van der Waals surface area contributed by atoms with E-state index in [1.54, 1.807) is 0 Å². The molecule has 0 amide bonds. The van der Waals surface area contributed by atoms with Crippen LogP contribution >= 0.6 is 0 Å². The predicted octanol–water partition coefficient (Wildman–Crippen LogP) is 3.73. The molecule has 19 heavy (non-hydrogen) atoms. The zero-order valence-electron chi connectivity index (χ0n) is 13.2. The van der Waals surface area contributed by atoms with Crippen molar-refractivity contribution in [1.82, 2.24) is 14.7 Å². The Morgan fingerprint density at radius 3 is 2.26 bits per heavy atom. The summed E-state index contributed by atoms with van der Waals surface area (Å²) in [6.45, 7) is 10.1. The van der Waals surface area contributed by atoms with E-state index in [4.69, 9.17) is 0 Å². The van der Waals surface area contributed by atoms with Crippen LogP contribution in [0.3, 0.4) is 0 Å². The van der Waals surface area contributed by atoms with E-state index in [9.17, 15) is 0 Å². The number of aryl methyl sites for hydroxylation is 1. The van der Waals surface area contributed by atoms with Crippen molar-refractivity contribution < 1.29 is 0 Å². The molecule has 1 aliphatic rings. The zero-order chi connectivity index (χ0) is 14.1. The predicted molar refractivity (Wildman–Crippen MR) is 82.4 cm³/mol. The topological polar surface area (TPSA) is 21.1 Å². The molecule has 0 spiro atoms. The highest BCUT2D eigenvalue weighted by Crippen LogP contribution is 2.17. The molecule has 1 fully saturated rings. The number of rotatable bonds is 4. The molecule has 0 bridgehead atoms. The van der Waals surface area contributed by atoms with Crippen LogP contribution in [0.15, 0.2) is 12.4 Å². The van der Waals surface area contributed by atoms with E-state index in [2.05, 4.69) is 48.7 Å². The minimum Gasteiger partial charge on any atom is -0.306 e. The average molecular weight is 265 g/mol. The monoisotopic (exact) mass is 265 g/mol. The van der Waals surface area contributed by atoms with Gasteiger partial charge < -0.3 is 4.90 Å². The molecule has 0 saturated carbocycles. The van der Waals surface area contributed by atoms with Gasteiger partial charge in [0.1, 0.15) is 0 Å². The highest BCUT2D eigenvalue weighted by atomic mass is 15.3. The summed E-state index contributed by atoms with van der Waals surface area (Å²) in [5.41, 5.74) is 1.26. The van der Waals surface area contributed by atoms with Crippen molar-refractivity contribution in [2.45, 2.75) is 59.4 Å². The fourth-order valence-corrected chi connectivity index (χ4v) is 2.43. The quantitative estimate of drug-likeness (QED) is 0.827. The molecule has 110 valence electrons. The Bertz CT molecular complexity index is 322. The molecule has 0 aliphatic carbocycles. The van der Waals surface area contributed by atoms with Crippen molar-refractivity contribution in [3.05, 3.63) is 18.0 Å². The average Bonchev–Trinajstić information content (AvgIpc) is 2.80. The third-order valence-corrected chi connectivity index (χ3v) is 3.75. The Morgan fingerprint density at radius 2 is 1.84 bits per heavy atom. The van der Waals surface area contributed by atoms with Gasteiger partial charge in [-0.15, -0.1) is 0 Å². The van der Waals surface area contributed by atoms with Crippen LogP contribution in [0.1, 0.15) is 51.5 Å². The van der Waals surface area contributed by atoms with Gasteiger partial charge in [0, 0.05) is 12.7 Å². The molecule has 2 rings (SSSR count). The molecule has 0 unspecified atom stereocenters. The lowest BCUT2D eigenvalue weighted by atomic mass is 9.97. The third-order valence-electron chi connectivity index (χ3n) is 3.75. The van der Waals surface area contributed by atoms with E-state index in [0.717, 1.165) is 12.5 Å². The summed E-state index contributed by atoms with van der Waals surface area (Å²) in [7, 11) is 2.20. The van der Waals surface area contributed by atoms with E-state index in [-0.39, 0.29) is 0 Å². The van der Waals surface area contributed by atoms with Gasteiger partial charge in [0.25, 0.3) is 0 Å². The van der Waals surface area contributed by atoms with Gasteiger partial charge in [-0.25, -0.2) is 0 Å². The Morgan fingerprint density at radius 1 is 1.21 bits per heavy atom. The maximum atomic E-state index is 4.33. The normalized spacial score (nSPS) is 17.1. The standard InChI is InChI=1S/C11H19N3.C5H12/c1-10-7-12-14(8-10)9-11-3-5-13(2)6-4-11;1-3-5-4-2/h7-8,11H,3-6,9H2,1-2H3;3-5H2,1-2H3. The molecule has 0 N–H and O–H groups in total. The van der Waals surface area contributed by atoms with Crippen LogP contribution in [0.2, 0.25) is 0 Å². The number of unbranched alkanes of at least 4 members (excludes halogenated alkanes) is 2. The van der Waals surface area contributed by atoms with Crippen molar-refractivity contribution in [2.75, 3.05) is 20.1 Å². The minimum atomic E-state index is 0.825. The Hall–Kier alpha value is -0.830. The summed E-state index contributed by atoms with van der Waals surface area (Å²) >= 11 is 0. The van der Waals surface area contributed by atoms with Crippen LogP contribution in [0.4, 0.5) is 0 Å². The van der Waals surface area contributed by atoms with Crippen molar-refractivity contribution in [3.63, 3.8) is 0 Å². The zero-order valence-corrected chi connectivity index (χ0v) is 13.2. The second-order valence-electron chi connectivity index (χ2n) is 5.84. The molecule has 0 atom stereocenters. The molecule has 0 radical (unpaired) electrons. The summed E-state index contributed by atoms with van der Waals surface area (Å²) in [6, 6.07) is 0. The summed E-state index contributed by atoms with van der Waals surface area (Å²) in [5, 5.41) is 4.33. The second-order valence-corrected chi connectivity index (χ2v) is 5.84. The Kier molecular flexibility index (Phi) is 7.80. The number of aromatic nitrogens is 2. The molecule has 1 aromatic heterocycles. The van der Waals surface area contributed by atoms with Crippen LogP contribution in [-0.4, -0.2) is 34.8 Å². The maximum Gasteiger partial charge on any atom is 0.0518 e. The lowest BCUT2D eigenvalue weighted by molar-refractivity contribution is 0.201. The van der Waals surface area contributed by atoms with Crippen LogP contribution in [0.5, 0.6) is 0 Å². The second kappa shape index (κ2) is 9.13. The fraction of sp³-hybridized carbons (Fsp3) is 0.812. The highest BCUT2D eigenvalue weighted by molar-refractivity contribution is 4.99. The first-order valence-corrected chi connectivity index (χ1v) is 7.83. The van der Waals surface area contributed by atoms with Crippen LogP contribution in [0, 0.1) is 12.8 Å². The molecular weight excluding hydrogens is 234 g/mol. The number of hydrogen-bond acceptors (Lipinski definition) is 2. The van der Waals surface area contributed by atoms with Gasteiger partial charge >= 0.3 is 0 Å². The van der Waals surface area contributed by atoms with Gasteiger partial charge in [0.05, 0.1) is 6.20 Å². The lowest BCUT2D eigenvalue weighted by Gasteiger charge is -2.28. The van der Waals surface area contributed by atoms with Gasteiger partial charge in [-0.1, -0.05) is 33.1 Å². The number of piperidine rings is 1. The van der Waals surface area contributed by atoms with E-state index >= 15 is 0 Å². The van der Waals surface area contributed by atoms with E-state index in [1.165, 1.54) is 50.8 Å². The lowest BCUT2D eigenvalue weighted by Crippen LogP contribution is -2.31. The van der Waals surface area contributed by atoms with Crippen molar-refractivity contribution in [1.29, 1.82) is 0 Å². The first kappa shape index (κ1) is 16.2. The maximum absolute atomic E-state index is 4.33. The highest BCUT2D eigenvalue weighted by Gasteiger charge is 2.16. The molecule has 1 aliphatic heterocycles. The van der Waals surface area contributed by atoms with Crippen molar-refractivity contribution in [2.24, 2.45) is 5.92 Å². The third kappa shape index (κ3) is 6.76. The van der Waals surface area contributed by atoms with Crippen molar-refractivity contribution in [3.8, 4) is 0 Å². The van der Waals surface area contributed by atoms with Crippen LogP contribution in [-0.2, 0) is 6.54 Å². The summed E-state index contributed by atoms with van der Waals surface area (Å²) in [6.07, 6.45) is 10.8. The van der Waals surface area contributed by atoms with Gasteiger partial charge in [-0.2, -0.15) is 5.10 Å². The first-order valence-electron chi connectivity index (χ1n) is 7.83. The van der Waals surface area contributed by atoms with Crippen molar-refractivity contribution >= 4 is 0 Å². The SMILES string of the molecule is CCCCC.Cc1cnn(CC2CCN(C)CC2)c1. The minimum absolute atomic E-state index is 0.825. The van der Waals surface area contributed by atoms with E-state index in [0.29, 0.717) is 0 Å². The summed E-state index contributed by atoms with van der Waals surface area (Å²) < 4.78 is 2.09. The smallest absolute Gasteiger partial charge is 0.0518 e. The molecule has 1 saturated heterocycles. The van der Waals surface area contributed by atoms with Gasteiger partial charge in [0.15, 0.2) is 0 Å². The number of nitrogens with zero attached hydrogens (tertiary/aromatic N) is 3. The van der Waals surface area contributed by atoms with Crippen LogP contribution < -0.4 is 0 Å². The summed E-state index contributed by atoms with van der Waals surface area (Å²) in [4.78, 5) is 2.41. The first-order chi connectivity index (χ1) is 9.15. The van der Waals surface area contributed by atoms with E-state index < -0.39 is 0 Å². The summed E-state index contributed by atoms with van der Waals surface area (Å²) in [5.74, 6) is 0.825. The fourth-order valence-electron chi connectivity index (χ4n) is 2.43. The molecular formula is C16H31N3. The number of likely N-dealkylation sites (tertiary alicyclic amines) is 1. The van der Waals surface area contributed by atoms with Gasteiger partial charge in [0.2, 0.25) is 0 Å². The van der Waals surface area contributed by atoms with Gasteiger partial charge in [-0.3, -0.25) is 4.68 Å². The Balaban J connectivity index is 0.000000312. The molecule has 3 nitrogen and oxygen atoms in total. The molecule has 3 heteroatoms. The largest absolute Gasteiger partial charge is 0.306 e. The molecule has 1 aromatic rings. The Labute approximate surface area is 119 Å². The van der Waals surface area contributed by atoms with Crippen LogP contribution in [0.25, 0.3) is 0 Å².